The van der Waals surface area contributed by atoms with E-state index in [0.717, 1.165) is 21.8 Å². The standard InChI is InChI=1S/C17H16N2O3S3/c20-16(18-12-15-3-1-9-23-15)11-13-5-7-14(8-6-13)19-25(21,22)17-4-2-10-24-17/h1-10,19H,11-12H2,(H,18,20). The van der Waals surface area contributed by atoms with Crippen LogP contribution in [0.3, 0.4) is 0 Å². The minimum atomic E-state index is -3.55. The van der Waals surface area contributed by atoms with Crippen LogP contribution in [0.4, 0.5) is 5.69 Å². The SMILES string of the molecule is O=C(Cc1ccc(NS(=O)(=O)c2cccs2)cc1)NCc1cccs1. The second kappa shape index (κ2) is 7.81. The lowest BCUT2D eigenvalue weighted by molar-refractivity contribution is -0.120. The number of carbonyl (C=O) groups is 1. The number of anilines is 1. The Labute approximate surface area is 154 Å². The molecule has 2 N–H and O–H groups in total. The molecular formula is C17H16N2O3S3. The Bertz CT molecular complexity index is 916. The van der Waals surface area contributed by atoms with Crippen LogP contribution in [0, 0.1) is 0 Å². The van der Waals surface area contributed by atoms with E-state index in [2.05, 4.69) is 10.0 Å². The Kier molecular flexibility index (Phi) is 5.52. The minimum absolute atomic E-state index is 0.0692. The van der Waals surface area contributed by atoms with Crippen LogP contribution in [-0.2, 0) is 27.8 Å². The zero-order chi connectivity index (χ0) is 17.7. The van der Waals surface area contributed by atoms with Crippen LogP contribution in [-0.4, -0.2) is 14.3 Å². The lowest BCUT2D eigenvalue weighted by Crippen LogP contribution is -2.24. The van der Waals surface area contributed by atoms with Crippen LogP contribution in [0.5, 0.6) is 0 Å². The summed E-state index contributed by atoms with van der Waals surface area (Å²) >= 11 is 2.76. The van der Waals surface area contributed by atoms with Crippen LogP contribution in [0.1, 0.15) is 10.4 Å². The summed E-state index contributed by atoms with van der Waals surface area (Å²) in [5.41, 5.74) is 1.29. The molecule has 0 saturated heterocycles. The van der Waals surface area contributed by atoms with E-state index in [0.29, 0.717) is 12.2 Å². The number of hydrogen-bond acceptors (Lipinski definition) is 5. The lowest BCUT2D eigenvalue weighted by atomic mass is 10.1. The molecule has 0 saturated carbocycles. The maximum Gasteiger partial charge on any atom is 0.271 e. The molecule has 2 aromatic heterocycles. The van der Waals surface area contributed by atoms with Crippen molar-refractivity contribution in [3.05, 3.63) is 69.7 Å². The summed E-state index contributed by atoms with van der Waals surface area (Å²) in [4.78, 5) is 13.1. The number of nitrogens with one attached hydrogen (secondary N) is 2. The molecule has 8 heteroatoms. The van der Waals surface area contributed by atoms with Gasteiger partial charge in [0, 0.05) is 10.6 Å². The minimum Gasteiger partial charge on any atom is -0.351 e. The van der Waals surface area contributed by atoms with Crippen LogP contribution in [0.25, 0.3) is 0 Å². The third-order valence-electron chi connectivity index (χ3n) is 3.37. The van der Waals surface area contributed by atoms with E-state index in [9.17, 15) is 13.2 Å². The van der Waals surface area contributed by atoms with Crippen molar-refractivity contribution in [3.8, 4) is 0 Å². The fraction of sp³-hybridized carbons (Fsp3) is 0.118. The van der Waals surface area contributed by atoms with Crippen molar-refractivity contribution in [3.63, 3.8) is 0 Å². The lowest BCUT2D eigenvalue weighted by Gasteiger charge is -2.08. The second-order valence-corrected chi connectivity index (χ2v) is 9.16. The summed E-state index contributed by atoms with van der Waals surface area (Å²) in [6.07, 6.45) is 0.253. The Hall–Kier alpha value is -2.16. The highest BCUT2D eigenvalue weighted by Crippen LogP contribution is 2.20. The van der Waals surface area contributed by atoms with Gasteiger partial charge in [-0.25, -0.2) is 8.42 Å². The highest BCUT2D eigenvalue weighted by Gasteiger charge is 2.15. The van der Waals surface area contributed by atoms with Gasteiger partial charge in [0.1, 0.15) is 4.21 Å². The molecule has 0 spiro atoms. The quantitative estimate of drug-likeness (QED) is 0.646. The molecule has 130 valence electrons. The Morgan fingerprint density at radius 2 is 1.68 bits per heavy atom. The maximum absolute atomic E-state index is 12.2. The van der Waals surface area contributed by atoms with E-state index in [4.69, 9.17) is 0 Å². The molecule has 0 radical (unpaired) electrons. The molecule has 1 amide bonds. The molecule has 25 heavy (non-hydrogen) atoms. The monoisotopic (exact) mass is 392 g/mol. The number of amides is 1. The first-order valence-electron chi connectivity index (χ1n) is 7.47. The van der Waals surface area contributed by atoms with Crippen molar-refractivity contribution in [1.82, 2.24) is 5.32 Å². The van der Waals surface area contributed by atoms with Crippen molar-refractivity contribution < 1.29 is 13.2 Å². The second-order valence-electron chi connectivity index (χ2n) is 5.27. The summed E-state index contributed by atoms with van der Waals surface area (Å²) in [7, 11) is -3.55. The number of hydrogen-bond donors (Lipinski definition) is 2. The summed E-state index contributed by atoms with van der Waals surface area (Å²) < 4.78 is 27.1. The zero-order valence-electron chi connectivity index (χ0n) is 13.1. The molecule has 0 unspecified atom stereocenters. The van der Waals surface area contributed by atoms with E-state index < -0.39 is 10.0 Å². The number of carbonyl (C=O) groups excluding carboxylic acids is 1. The smallest absolute Gasteiger partial charge is 0.271 e. The highest BCUT2D eigenvalue weighted by atomic mass is 32.2. The highest BCUT2D eigenvalue weighted by molar-refractivity contribution is 7.94. The van der Waals surface area contributed by atoms with Gasteiger partial charge < -0.3 is 5.32 Å². The summed E-state index contributed by atoms with van der Waals surface area (Å²) in [5, 5.41) is 6.55. The van der Waals surface area contributed by atoms with Crippen LogP contribution in [0.2, 0.25) is 0 Å². The van der Waals surface area contributed by atoms with Gasteiger partial charge in [-0.2, -0.15) is 0 Å². The van der Waals surface area contributed by atoms with E-state index in [1.54, 1.807) is 53.1 Å². The molecule has 3 aromatic rings. The van der Waals surface area contributed by atoms with Crippen molar-refractivity contribution >= 4 is 44.3 Å². The molecule has 0 aliphatic carbocycles. The van der Waals surface area contributed by atoms with Gasteiger partial charge in [-0.15, -0.1) is 22.7 Å². The number of rotatable bonds is 7. The van der Waals surface area contributed by atoms with Gasteiger partial charge in [0.2, 0.25) is 5.91 Å². The first-order valence-corrected chi connectivity index (χ1v) is 10.7. The van der Waals surface area contributed by atoms with Crippen molar-refractivity contribution in [2.45, 2.75) is 17.2 Å². The third-order valence-corrected chi connectivity index (χ3v) is 7.03. The maximum atomic E-state index is 12.2. The summed E-state index contributed by atoms with van der Waals surface area (Å²) in [5.74, 6) is -0.0692. The van der Waals surface area contributed by atoms with Gasteiger partial charge in [-0.3, -0.25) is 9.52 Å². The fourth-order valence-corrected chi connectivity index (χ4v) is 4.86. The van der Waals surface area contributed by atoms with Gasteiger partial charge in [0.15, 0.2) is 0 Å². The molecule has 0 bridgehead atoms. The molecule has 0 fully saturated rings. The van der Waals surface area contributed by atoms with Crippen LogP contribution in [0.15, 0.2) is 63.5 Å². The zero-order valence-corrected chi connectivity index (χ0v) is 15.6. The molecule has 5 nitrogen and oxygen atoms in total. The van der Waals surface area contributed by atoms with Gasteiger partial charge >= 0.3 is 0 Å². The summed E-state index contributed by atoms with van der Waals surface area (Å²) in [6.45, 7) is 0.523. The average Bonchev–Trinajstić information content (AvgIpc) is 3.28. The third kappa shape index (κ3) is 4.91. The summed E-state index contributed by atoms with van der Waals surface area (Å²) in [6, 6.07) is 14.0. The van der Waals surface area contributed by atoms with Gasteiger partial charge in [0.25, 0.3) is 10.0 Å². The van der Waals surface area contributed by atoms with Crippen molar-refractivity contribution in [1.29, 1.82) is 0 Å². The van der Waals surface area contributed by atoms with Crippen molar-refractivity contribution in [2.24, 2.45) is 0 Å². The molecule has 1 aromatic carbocycles. The van der Waals surface area contributed by atoms with E-state index in [-0.39, 0.29) is 16.5 Å². The Balaban J connectivity index is 1.56. The van der Waals surface area contributed by atoms with E-state index >= 15 is 0 Å². The normalized spacial score (nSPS) is 11.2. The van der Waals surface area contributed by atoms with E-state index in [1.807, 2.05) is 17.5 Å². The number of sulfonamides is 1. The molecule has 2 heterocycles. The molecule has 3 rings (SSSR count). The number of thiophene rings is 2. The predicted molar refractivity (Wildman–Crippen MR) is 101 cm³/mol. The van der Waals surface area contributed by atoms with Crippen LogP contribution >= 0.6 is 22.7 Å². The Morgan fingerprint density at radius 3 is 2.32 bits per heavy atom. The molecule has 0 atom stereocenters. The van der Waals surface area contributed by atoms with Crippen molar-refractivity contribution in [2.75, 3.05) is 4.72 Å². The predicted octanol–water partition coefficient (Wildman–Crippen LogP) is 3.47. The molecule has 0 aliphatic rings. The Morgan fingerprint density at radius 1 is 0.960 bits per heavy atom. The van der Waals surface area contributed by atoms with E-state index in [1.165, 1.54) is 0 Å². The van der Waals surface area contributed by atoms with Gasteiger partial charge in [-0.05, 0) is 40.6 Å². The van der Waals surface area contributed by atoms with Gasteiger partial charge in [-0.1, -0.05) is 24.3 Å². The molecule has 0 aliphatic heterocycles. The molecular weight excluding hydrogens is 376 g/mol. The fourth-order valence-electron chi connectivity index (χ4n) is 2.16. The first kappa shape index (κ1) is 17.7. The van der Waals surface area contributed by atoms with Crippen LogP contribution < -0.4 is 10.0 Å². The number of benzene rings is 1. The average molecular weight is 393 g/mol. The topological polar surface area (TPSA) is 75.3 Å². The first-order chi connectivity index (χ1) is 12.0. The van der Waals surface area contributed by atoms with Gasteiger partial charge in [0.05, 0.1) is 13.0 Å². The largest absolute Gasteiger partial charge is 0.351 e.